The largest absolute Gasteiger partial charge is 0.363 e. The molecule has 0 unspecified atom stereocenters. The van der Waals surface area contributed by atoms with E-state index in [1.807, 2.05) is 0 Å². The van der Waals surface area contributed by atoms with Gasteiger partial charge in [0, 0.05) is 16.2 Å². The average Bonchev–Trinajstić information content (AvgIpc) is 2.55. The monoisotopic (exact) mass is 396 g/mol. The van der Waals surface area contributed by atoms with Crippen LogP contribution in [0.15, 0.2) is 41.3 Å². The van der Waals surface area contributed by atoms with Crippen LogP contribution in [0.3, 0.4) is 0 Å². The number of anilines is 1. The molecular formula is C16H12BrF3N4. The summed E-state index contributed by atoms with van der Waals surface area (Å²) in [6, 6.07) is 5.17. The van der Waals surface area contributed by atoms with Gasteiger partial charge in [0.2, 0.25) is 0 Å². The normalized spacial score (nSPS) is 12.6. The Morgan fingerprint density at radius 3 is 2.62 bits per heavy atom. The molecule has 1 aromatic carbocycles. The second-order valence-corrected chi connectivity index (χ2v) is 6.08. The van der Waals surface area contributed by atoms with Gasteiger partial charge in [-0.3, -0.25) is 0 Å². The molecule has 0 bridgehead atoms. The molecule has 0 amide bonds. The Morgan fingerprint density at radius 2 is 1.88 bits per heavy atom. The van der Waals surface area contributed by atoms with E-state index in [4.69, 9.17) is 0 Å². The van der Waals surface area contributed by atoms with Crippen LogP contribution in [0.25, 0.3) is 11.0 Å². The molecule has 8 heteroatoms. The zero-order valence-electron chi connectivity index (χ0n) is 12.5. The molecule has 1 N–H and O–H groups in total. The quantitative estimate of drug-likeness (QED) is 0.671. The SMILES string of the molecule is C[C@@H](Nc1ncnc2ncc(Br)cc12)c1cccc(C(F)F)c1F. The summed E-state index contributed by atoms with van der Waals surface area (Å²) in [6.45, 7) is 1.67. The highest BCUT2D eigenvalue weighted by molar-refractivity contribution is 9.10. The Labute approximate surface area is 144 Å². The summed E-state index contributed by atoms with van der Waals surface area (Å²) < 4.78 is 40.7. The van der Waals surface area contributed by atoms with Crippen molar-refractivity contribution in [2.75, 3.05) is 5.32 Å². The zero-order chi connectivity index (χ0) is 17.3. The number of pyridine rings is 1. The summed E-state index contributed by atoms with van der Waals surface area (Å²) >= 11 is 3.33. The van der Waals surface area contributed by atoms with Crippen molar-refractivity contribution < 1.29 is 13.2 Å². The van der Waals surface area contributed by atoms with Crippen molar-refractivity contribution in [3.8, 4) is 0 Å². The molecule has 0 aliphatic heterocycles. The molecule has 0 aliphatic rings. The maximum atomic E-state index is 14.3. The van der Waals surface area contributed by atoms with E-state index in [0.717, 1.165) is 10.5 Å². The number of benzene rings is 1. The summed E-state index contributed by atoms with van der Waals surface area (Å²) in [5, 5.41) is 3.68. The van der Waals surface area contributed by atoms with Gasteiger partial charge in [-0.15, -0.1) is 0 Å². The lowest BCUT2D eigenvalue weighted by atomic mass is 10.0. The van der Waals surface area contributed by atoms with E-state index in [1.165, 1.54) is 18.5 Å². The smallest absolute Gasteiger partial charge is 0.266 e. The van der Waals surface area contributed by atoms with E-state index in [0.29, 0.717) is 16.9 Å². The summed E-state index contributed by atoms with van der Waals surface area (Å²) in [4.78, 5) is 12.4. The highest BCUT2D eigenvalue weighted by atomic mass is 79.9. The Morgan fingerprint density at radius 1 is 1.12 bits per heavy atom. The molecule has 2 aromatic heterocycles. The van der Waals surface area contributed by atoms with E-state index >= 15 is 0 Å². The molecule has 0 aliphatic carbocycles. The first kappa shape index (κ1) is 16.6. The van der Waals surface area contributed by atoms with Crippen LogP contribution >= 0.6 is 15.9 Å². The van der Waals surface area contributed by atoms with Crippen molar-refractivity contribution in [1.82, 2.24) is 15.0 Å². The molecule has 3 rings (SSSR count). The van der Waals surface area contributed by atoms with E-state index in [9.17, 15) is 13.2 Å². The molecule has 0 saturated carbocycles. The molecule has 0 radical (unpaired) electrons. The van der Waals surface area contributed by atoms with Gasteiger partial charge in [0.05, 0.1) is 17.0 Å². The third kappa shape index (κ3) is 3.19. The van der Waals surface area contributed by atoms with Gasteiger partial charge in [0.15, 0.2) is 5.65 Å². The molecule has 1 atom stereocenters. The lowest BCUT2D eigenvalue weighted by Gasteiger charge is -2.18. The van der Waals surface area contributed by atoms with Crippen molar-refractivity contribution in [1.29, 1.82) is 0 Å². The van der Waals surface area contributed by atoms with Gasteiger partial charge < -0.3 is 5.32 Å². The van der Waals surface area contributed by atoms with E-state index in [-0.39, 0.29) is 5.56 Å². The minimum absolute atomic E-state index is 0.141. The van der Waals surface area contributed by atoms with Gasteiger partial charge >= 0.3 is 0 Å². The van der Waals surface area contributed by atoms with Gasteiger partial charge in [0.1, 0.15) is 18.0 Å². The predicted octanol–water partition coefficient (Wildman–Crippen LogP) is 5.04. The predicted molar refractivity (Wildman–Crippen MR) is 88.4 cm³/mol. The first-order valence-electron chi connectivity index (χ1n) is 7.06. The molecule has 24 heavy (non-hydrogen) atoms. The molecule has 0 spiro atoms. The van der Waals surface area contributed by atoms with Crippen molar-refractivity contribution in [3.05, 3.63) is 58.2 Å². The molecule has 0 saturated heterocycles. The van der Waals surface area contributed by atoms with Gasteiger partial charge in [-0.25, -0.2) is 28.1 Å². The second kappa shape index (κ2) is 6.72. The highest BCUT2D eigenvalue weighted by Crippen LogP contribution is 2.30. The first-order chi connectivity index (χ1) is 11.5. The van der Waals surface area contributed by atoms with E-state index in [1.54, 1.807) is 19.2 Å². The Balaban J connectivity index is 1.98. The minimum Gasteiger partial charge on any atom is -0.363 e. The second-order valence-electron chi connectivity index (χ2n) is 5.16. The third-order valence-electron chi connectivity index (χ3n) is 3.57. The van der Waals surface area contributed by atoms with Crippen LogP contribution in [0.5, 0.6) is 0 Å². The summed E-state index contributed by atoms with van der Waals surface area (Å²) in [5.41, 5.74) is 0.00493. The van der Waals surface area contributed by atoms with Crippen LogP contribution in [0.1, 0.15) is 30.5 Å². The van der Waals surface area contributed by atoms with Crippen LogP contribution in [0, 0.1) is 5.82 Å². The number of nitrogens with zero attached hydrogens (tertiary/aromatic N) is 3. The number of hydrogen-bond donors (Lipinski definition) is 1. The van der Waals surface area contributed by atoms with Crippen molar-refractivity contribution in [3.63, 3.8) is 0 Å². The first-order valence-corrected chi connectivity index (χ1v) is 7.86. The molecule has 3 aromatic rings. The fraction of sp³-hybridized carbons (Fsp3) is 0.188. The summed E-state index contributed by atoms with van der Waals surface area (Å²) in [6.07, 6.45) is 0.0793. The molecular weight excluding hydrogens is 385 g/mol. The molecule has 124 valence electrons. The Hall–Kier alpha value is -2.22. The van der Waals surface area contributed by atoms with E-state index in [2.05, 4.69) is 36.2 Å². The fourth-order valence-corrected chi connectivity index (χ4v) is 2.72. The molecule has 4 nitrogen and oxygen atoms in total. The average molecular weight is 397 g/mol. The molecule has 2 heterocycles. The number of aromatic nitrogens is 3. The highest BCUT2D eigenvalue weighted by Gasteiger charge is 2.20. The maximum absolute atomic E-state index is 14.3. The van der Waals surface area contributed by atoms with Crippen LogP contribution in [-0.2, 0) is 0 Å². The lowest BCUT2D eigenvalue weighted by molar-refractivity contribution is 0.146. The number of fused-ring (bicyclic) bond motifs is 1. The van der Waals surface area contributed by atoms with Crippen molar-refractivity contribution in [2.45, 2.75) is 19.4 Å². The van der Waals surface area contributed by atoms with Crippen LogP contribution in [0.2, 0.25) is 0 Å². The minimum atomic E-state index is -2.86. The van der Waals surface area contributed by atoms with Gasteiger partial charge in [-0.2, -0.15) is 0 Å². The van der Waals surface area contributed by atoms with Gasteiger partial charge in [-0.1, -0.05) is 18.2 Å². The Bertz CT molecular complexity index is 888. The molecule has 0 fully saturated rings. The summed E-state index contributed by atoms with van der Waals surface area (Å²) in [7, 11) is 0. The van der Waals surface area contributed by atoms with Crippen molar-refractivity contribution >= 4 is 32.8 Å². The standard InChI is InChI=1S/C16H12BrF3N4/c1-8(10-3-2-4-11(13(10)18)14(19)20)24-16-12-5-9(17)6-21-15(12)22-7-23-16/h2-8,14H,1H3,(H,21,22,23,24)/t8-/m1/s1. The Kier molecular flexibility index (Phi) is 4.66. The zero-order valence-corrected chi connectivity index (χ0v) is 14.1. The van der Waals surface area contributed by atoms with Crippen LogP contribution in [0.4, 0.5) is 19.0 Å². The fourth-order valence-electron chi connectivity index (χ4n) is 2.39. The number of alkyl halides is 2. The van der Waals surface area contributed by atoms with Crippen LogP contribution < -0.4 is 5.32 Å². The van der Waals surface area contributed by atoms with E-state index < -0.39 is 23.8 Å². The number of rotatable bonds is 4. The third-order valence-corrected chi connectivity index (χ3v) is 4.00. The maximum Gasteiger partial charge on any atom is 0.266 e. The number of nitrogens with one attached hydrogen (secondary N) is 1. The lowest BCUT2D eigenvalue weighted by Crippen LogP contribution is -2.11. The van der Waals surface area contributed by atoms with Crippen molar-refractivity contribution in [2.24, 2.45) is 0 Å². The topological polar surface area (TPSA) is 50.7 Å². The van der Waals surface area contributed by atoms with Gasteiger partial charge in [-0.05, 0) is 28.9 Å². The number of halogens is 4. The number of hydrogen-bond acceptors (Lipinski definition) is 4. The summed E-state index contributed by atoms with van der Waals surface area (Å²) in [5.74, 6) is -0.465. The van der Waals surface area contributed by atoms with Gasteiger partial charge in [0.25, 0.3) is 6.43 Å². The van der Waals surface area contributed by atoms with Crippen LogP contribution in [-0.4, -0.2) is 15.0 Å².